The number of benzene rings is 2. The molecular weight excluding hydrogens is 640 g/mol. The third-order valence-electron chi connectivity index (χ3n) is 7.38. The smallest absolute Gasteiger partial charge is 0.407 e. The Balaban J connectivity index is 1.29. The van der Waals surface area contributed by atoms with E-state index >= 15 is 0 Å². The van der Waals surface area contributed by atoms with Gasteiger partial charge in [-0.3, -0.25) is 14.4 Å². The van der Waals surface area contributed by atoms with Crippen LogP contribution in [0.2, 0.25) is 5.02 Å². The molecule has 1 aliphatic heterocycles. The normalized spacial score (nSPS) is 14.6. The molecule has 0 aliphatic carbocycles. The number of hydrogen-bond acceptors (Lipinski definition) is 9. The third-order valence-corrected chi connectivity index (χ3v) is 8.83. The minimum atomic E-state index is -0.630. The summed E-state index contributed by atoms with van der Waals surface area (Å²) in [6, 6.07) is 13.3. The van der Waals surface area contributed by atoms with E-state index in [0.29, 0.717) is 27.9 Å². The minimum Gasteiger partial charge on any atom is -0.457 e. The number of aryl methyl sites for hydroxylation is 2. The van der Waals surface area contributed by atoms with E-state index in [2.05, 4.69) is 34.7 Å². The average molecular weight is 677 g/mol. The van der Waals surface area contributed by atoms with Crippen LogP contribution in [0.4, 0.5) is 10.5 Å². The van der Waals surface area contributed by atoms with Crippen LogP contribution < -0.4 is 10.6 Å². The maximum atomic E-state index is 13.4. The second kappa shape index (κ2) is 13.7. The number of anilines is 1. The molecule has 2 atom stereocenters. The number of amides is 2. The van der Waals surface area contributed by atoms with Crippen molar-refractivity contribution in [3.8, 4) is 5.00 Å². The van der Waals surface area contributed by atoms with Gasteiger partial charge >= 0.3 is 12.1 Å². The van der Waals surface area contributed by atoms with Gasteiger partial charge in [0.2, 0.25) is 5.91 Å². The molecule has 2 amide bonds. The Kier molecular flexibility index (Phi) is 9.83. The molecule has 2 N–H and O–H groups in total. The fourth-order valence-corrected chi connectivity index (χ4v) is 6.38. The van der Waals surface area contributed by atoms with Crippen LogP contribution in [-0.4, -0.2) is 56.7 Å². The summed E-state index contributed by atoms with van der Waals surface area (Å²) in [6.07, 6.45) is -1.17. The lowest BCUT2D eigenvalue weighted by atomic mass is 9.99. The van der Waals surface area contributed by atoms with Crippen LogP contribution in [0.3, 0.4) is 0 Å². The van der Waals surface area contributed by atoms with E-state index in [9.17, 15) is 14.4 Å². The molecule has 0 bridgehead atoms. The molecule has 11 nitrogen and oxygen atoms in total. The van der Waals surface area contributed by atoms with Gasteiger partial charge in [-0.1, -0.05) is 23.7 Å². The molecule has 0 radical (unpaired) electrons. The average Bonchev–Trinajstić information content (AvgIpc) is 3.47. The molecule has 246 valence electrons. The van der Waals surface area contributed by atoms with Gasteiger partial charge in [-0.05, 0) is 90.4 Å². The second-order valence-electron chi connectivity index (χ2n) is 12.3. The van der Waals surface area contributed by atoms with Crippen molar-refractivity contribution in [3.05, 3.63) is 92.3 Å². The predicted octanol–water partition coefficient (Wildman–Crippen LogP) is 6.90. The zero-order chi connectivity index (χ0) is 34.0. The number of fused-ring (bicyclic) bond motifs is 3. The Bertz CT molecular complexity index is 1840. The van der Waals surface area contributed by atoms with E-state index in [1.54, 1.807) is 63.3 Å². The van der Waals surface area contributed by atoms with Gasteiger partial charge in [-0.25, -0.2) is 9.59 Å². The van der Waals surface area contributed by atoms with E-state index in [1.165, 1.54) is 0 Å². The van der Waals surface area contributed by atoms with Crippen molar-refractivity contribution in [2.24, 2.45) is 4.99 Å². The summed E-state index contributed by atoms with van der Waals surface area (Å²) < 4.78 is 12.6. The highest BCUT2D eigenvalue weighted by molar-refractivity contribution is 7.15. The molecule has 0 saturated carbocycles. The first-order chi connectivity index (χ1) is 22.2. The minimum absolute atomic E-state index is 0.00809. The summed E-state index contributed by atoms with van der Waals surface area (Å²) >= 11 is 7.85. The van der Waals surface area contributed by atoms with Crippen LogP contribution in [0, 0.1) is 20.8 Å². The highest BCUT2D eigenvalue weighted by Gasteiger charge is 2.32. The number of halogens is 1. The lowest BCUT2D eigenvalue weighted by molar-refractivity contribution is -0.116. The monoisotopic (exact) mass is 676 g/mol. The lowest BCUT2D eigenvalue weighted by Gasteiger charge is -2.21. The van der Waals surface area contributed by atoms with Crippen LogP contribution in [0.5, 0.6) is 0 Å². The third kappa shape index (κ3) is 7.88. The van der Waals surface area contributed by atoms with Crippen LogP contribution >= 0.6 is 22.9 Å². The molecular formula is C34H37ClN6O5S. The standard InChI is InChI=1S/C34H37ClN6O5S/c1-18(17-36-33(44)46-34(5,6)7)45-32(43)23-10-14-25(15-11-23)37-27(42)16-26-30-40-39-21(4)41(30)31-28(19(2)20(3)47-31)29(38-26)22-8-12-24(35)13-9-22/h8-15,18,26H,16-17H2,1-7H3,(H,36,44)(H,37,42)/t18-,26?/m0/s1. The quantitative estimate of drug-likeness (QED) is 0.194. The molecule has 1 aliphatic rings. The SMILES string of the molecule is Cc1sc2c(c1C)C(c1ccc(Cl)cc1)=NC(CC(=O)Nc1ccc(C(=O)O[C@@H](C)CNC(=O)OC(C)(C)C)cc1)c1nnc(C)n1-2. The molecule has 47 heavy (non-hydrogen) atoms. The van der Waals surface area contributed by atoms with Crippen LogP contribution in [0.15, 0.2) is 53.5 Å². The van der Waals surface area contributed by atoms with Crippen LogP contribution in [0.25, 0.3) is 5.00 Å². The Morgan fingerprint density at radius 3 is 2.36 bits per heavy atom. The van der Waals surface area contributed by atoms with Crippen molar-refractivity contribution in [2.45, 2.75) is 72.6 Å². The molecule has 2 aromatic heterocycles. The topological polar surface area (TPSA) is 137 Å². The fourth-order valence-electron chi connectivity index (χ4n) is 5.04. The van der Waals surface area contributed by atoms with Crippen molar-refractivity contribution < 1.29 is 23.9 Å². The van der Waals surface area contributed by atoms with E-state index in [1.807, 2.05) is 35.8 Å². The van der Waals surface area contributed by atoms with Gasteiger partial charge in [0.15, 0.2) is 5.82 Å². The highest BCUT2D eigenvalue weighted by Crippen LogP contribution is 2.39. The number of ether oxygens (including phenoxy) is 2. The van der Waals surface area contributed by atoms with E-state index in [-0.39, 0.29) is 18.9 Å². The Morgan fingerprint density at radius 1 is 1.02 bits per heavy atom. The van der Waals surface area contributed by atoms with Crippen molar-refractivity contribution >= 4 is 52.3 Å². The first-order valence-electron chi connectivity index (χ1n) is 15.1. The van der Waals surface area contributed by atoms with Gasteiger partial charge in [-0.15, -0.1) is 21.5 Å². The largest absolute Gasteiger partial charge is 0.457 e. The van der Waals surface area contributed by atoms with Crippen LogP contribution in [-0.2, 0) is 14.3 Å². The number of hydrogen-bond donors (Lipinski definition) is 2. The second-order valence-corrected chi connectivity index (χ2v) is 14.0. The van der Waals surface area contributed by atoms with Crippen molar-refractivity contribution in [1.82, 2.24) is 20.1 Å². The predicted molar refractivity (Wildman–Crippen MR) is 182 cm³/mol. The Morgan fingerprint density at radius 2 is 1.70 bits per heavy atom. The van der Waals surface area contributed by atoms with Gasteiger partial charge in [0.25, 0.3) is 0 Å². The maximum Gasteiger partial charge on any atom is 0.407 e. The fraction of sp³-hybridized carbons (Fsp3) is 0.353. The van der Waals surface area contributed by atoms with Gasteiger partial charge in [0.1, 0.15) is 28.6 Å². The van der Waals surface area contributed by atoms with E-state index in [4.69, 9.17) is 26.1 Å². The number of nitrogens with one attached hydrogen (secondary N) is 2. The summed E-state index contributed by atoms with van der Waals surface area (Å²) in [5, 5.41) is 15.9. The number of carbonyl (C=O) groups is 3. The number of alkyl carbamates (subject to hydrolysis) is 1. The molecule has 4 aromatic rings. The summed E-state index contributed by atoms with van der Waals surface area (Å²) in [7, 11) is 0. The summed E-state index contributed by atoms with van der Waals surface area (Å²) in [5.74, 6) is 0.448. The number of aliphatic imine (C=N–C) groups is 1. The molecule has 0 fully saturated rings. The van der Waals surface area contributed by atoms with Crippen molar-refractivity contribution in [1.29, 1.82) is 0 Å². The summed E-state index contributed by atoms with van der Waals surface area (Å²) in [6.45, 7) is 13.1. The first kappa shape index (κ1) is 33.8. The number of thiophene rings is 1. The van der Waals surface area contributed by atoms with E-state index in [0.717, 1.165) is 32.3 Å². The molecule has 13 heteroatoms. The molecule has 5 rings (SSSR count). The van der Waals surface area contributed by atoms with Gasteiger partial charge < -0.3 is 20.1 Å². The molecule has 0 spiro atoms. The summed E-state index contributed by atoms with van der Waals surface area (Å²) in [4.78, 5) is 44.3. The molecule has 3 heterocycles. The Labute approximate surface area is 282 Å². The first-order valence-corrected chi connectivity index (χ1v) is 16.3. The van der Waals surface area contributed by atoms with Crippen molar-refractivity contribution in [3.63, 3.8) is 0 Å². The molecule has 0 saturated heterocycles. The van der Waals surface area contributed by atoms with Crippen LogP contribution in [0.1, 0.15) is 83.7 Å². The van der Waals surface area contributed by atoms with Crippen molar-refractivity contribution in [2.75, 3.05) is 11.9 Å². The highest BCUT2D eigenvalue weighted by atomic mass is 35.5. The number of rotatable bonds is 8. The Hall–Kier alpha value is -4.55. The number of carbonyl (C=O) groups excluding carboxylic acids is 3. The lowest BCUT2D eigenvalue weighted by Crippen LogP contribution is -2.37. The zero-order valence-corrected chi connectivity index (χ0v) is 28.9. The zero-order valence-electron chi connectivity index (χ0n) is 27.3. The van der Waals surface area contributed by atoms with E-state index < -0.39 is 29.8 Å². The molecule has 2 aromatic carbocycles. The number of aromatic nitrogens is 3. The summed E-state index contributed by atoms with van der Waals surface area (Å²) in [5.41, 5.74) is 3.91. The molecule has 1 unspecified atom stereocenters. The number of esters is 1. The van der Waals surface area contributed by atoms with Gasteiger partial charge in [-0.2, -0.15) is 0 Å². The maximum absolute atomic E-state index is 13.4. The van der Waals surface area contributed by atoms with Gasteiger partial charge in [0.05, 0.1) is 24.2 Å². The van der Waals surface area contributed by atoms with Gasteiger partial charge in [0, 0.05) is 26.7 Å². The number of nitrogens with zero attached hydrogens (tertiary/aromatic N) is 4.